The molecule has 140 valence electrons. The minimum Gasteiger partial charge on any atom is -0.481 e. The molecule has 2 aromatic rings. The fraction of sp³-hybridized carbons (Fsp3) is 0.444. The first-order chi connectivity index (χ1) is 12.5. The summed E-state index contributed by atoms with van der Waals surface area (Å²) in [5.74, 6) is -1.17. The van der Waals surface area contributed by atoms with Gasteiger partial charge in [-0.3, -0.25) is 19.0 Å². The molecule has 0 saturated carbocycles. The van der Waals surface area contributed by atoms with Gasteiger partial charge in [-0.15, -0.1) is 0 Å². The molecule has 0 unspecified atom stereocenters. The molecule has 1 aromatic carbocycles. The molecule has 0 bridgehead atoms. The Morgan fingerprint density at radius 1 is 1.04 bits per heavy atom. The fourth-order valence-corrected chi connectivity index (χ4v) is 2.70. The van der Waals surface area contributed by atoms with Crippen LogP contribution in [0.4, 0.5) is 0 Å². The summed E-state index contributed by atoms with van der Waals surface area (Å²) in [4.78, 5) is 49.3. The summed E-state index contributed by atoms with van der Waals surface area (Å²) in [6, 6.07) is 6.66. The van der Waals surface area contributed by atoms with Crippen molar-refractivity contribution >= 4 is 22.8 Å². The van der Waals surface area contributed by atoms with E-state index in [1.165, 1.54) is 0 Å². The summed E-state index contributed by atoms with van der Waals surface area (Å²) >= 11 is 0. The number of hydrogen-bond acceptors (Lipinski definition) is 4. The molecule has 0 atom stereocenters. The summed E-state index contributed by atoms with van der Waals surface area (Å²) in [6.07, 6.45) is 4.26. The smallest absolute Gasteiger partial charge is 0.329 e. The molecule has 0 aliphatic rings. The number of carboxylic acid groups (broad SMARTS) is 1. The average molecular weight is 361 g/mol. The number of carboxylic acids is 1. The molecular weight excluding hydrogens is 338 g/mol. The van der Waals surface area contributed by atoms with E-state index in [1.54, 1.807) is 24.3 Å². The quantitative estimate of drug-likeness (QED) is 0.550. The summed E-state index contributed by atoms with van der Waals surface area (Å²) in [7, 11) is 0. The molecule has 0 aliphatic carbocycles. The number of H-pyrrole nitrogens is 1. The standard InChI is InChI=1S/C18H23N3O5/c22-15(19-11-7-3-1-2-4-10-16(23)24)12-21-17(25)13-8-5-6-9-14(13)20-18(21)26/h5-6,8-9H,1-4,7,10-12H2,(H,19,22)(H,20,26)(H,23,24). The van der Waals surface area contributed by atoms with Crippen molar-refractivity contribution in [2.45, 2.75) is 45.1 Å². The maximum atomic E-state index is 12.3. The molecular formula is C18H23N3O5. The Labute approximate surface area is 149 Å². The predicted molar refractivity (Wildman–Crippen MR) is 97.2 cm³/mol. The first kappa shape index (κ1) is 19.4. The van der Waals surface area contributed by atoms with Crippen LogP contribution in [0.1, 0.15) is 38.5 Å². The largest absolute Gasteiger partial charge is 0.481 e. The average Bonchev–Trinajstić information content (AvgIpc) is 2.60. The minimum absolute atomic E-state index is 0.186. The van der Waals surface area contributed by atoms with Gasteiger partial charge in [0.1, 0.15) is 6.54 Å². The number of para-hydroxylation sites is 1. The van der Waals surface area contributed by atoms with Crippen LogP contribution in [0.15, 0.2) is 33.9 Å². The van der Waals surface area contributed by atoms with Gasteiger partial charge in [-0.05, 0) is 25.0 Å². The normalized spacial score (nSPS) is 10.8. The lowest BCUT2D eigenvalue weighted by molar-refractivity contribution is -0.137. The topological polar surface area (TPSA) is 121 Å². The number of aromatic nitrogens is 2. The van der Waals surface area contributed by atoms with Gasteiger partial charge in [0.05, 0.1) is 10.9 Å². The van der Waals surface area contributed by atoms with Crippen molar-refractivity contribution in [3.63, 3.8) is 0 Å². The number of carbonyl (C=O) groups is 2. The number of nitrogens with one attached hydrogen (secondary N) is 2. The summed E-state index contributed by atoms with van der Waals surface area (Å²) in [5.41, 5.74) is -0.651. The lowest BCUT2D eigenvalue weighted by Crippen LogP contribution is -2.40. The second-order valence-corrected chi connectivity index (χ2v) is 6.13. The van der Waals surface area contributed by atoms with Crippen LogP contribution in [0.5, 0.6) is 0 Å². The van der Waals surface area contributed by atoms with Gasteiger partial charge in [0.2, 0.25) is 5.91 Å². The van der Waals surface area contributed by atoms with Gasteiger partial charge >= 0.3 is 11.7 Å². The van der Waals surface area contributed by atoms with Crippen molar-refractivity contribution in [2.24, 2.45) is 0 Å². The third kappa shape index (κ3) is 5.58. The molecule has 0 saturated heterocycles. The van der Waals surface area contributed by atoms with Crippen LogP contribution in [0.3, 0.4) is 0 Å². The maximum absolute atomic E-state index is 12.3. The van der Waals surface area contributed by atoms with Gasteiger partial charge in [-0.25, -0.2) is 4.79 Å². The first-order valence-corrected chi connectivity index (χ1v) is 8.69. The Balaban J connectivity index is 1.78. The zero-order valence-electron chi connectivity index (χ0n) is 14.5. The van der Waals surface area contributed by atoms with E-state index in [9.17, 15) is 19.2 Å². The number of unbranched alkanes of at least 4 members (excludes halogenated alkanes) is 4. The van der Waals surface area contributed by atoms with Crippen molar-refractivity contribution in [1.29, 1.82) is 0 Å². The lowest BCUT2D eigenvalue weighted by atomic mass is 10.1. The first-order valence-electron chi connectivity index (χ1n) is 8.69. The molecule has 1 heterocycles. The highest BCUT2D eigenvalue weighted by atomic mass is 16.4. The Morgan fingerprint density at radius 2 is 1.73 bits per heavy atom. The summed E-state index contributed by atoms with van der Waals surface area (Å²) in [5, 5.41) is 11.6. The summed E-state index contributed by atoms with van der Waals surface area (Å²) < 4.78 is 0.892. The van der Waals surface area contributed by atoms with Gasteiger partial charge in [0.25, 0.3) is 5.56 Å². The van der Waals surface area contributed by atoms with Crippen LogP contribution in [-0.2, 0) is 16.1 Å². The number of aromatic amines is 1. The highest BCUT2D eigenvalue weighted by Gasteiger charge is 2.10. The molecule has 0 radical (unpaired) electrons. The van der Waals surface area contributed by atoms with Crippen LogP contribution >= 0.6 is 0 Å². The number of fused-ring (bicyclic) bond motifs is 1. The molecule has 0 fully saturated rings. The number of rotatable bonds is 10. The fourth-order valence-electron chi connectivity index (χ4n) is 2.70. The van der Waals surface area contributed by atoms with E-state index in [0.29, 0.717) is 23.9 Å². The maximum Gasteiger partial charge on any atom is 0.329 e. The summed E-state index contributed by atoms with van der Waals surface area (Å²) in [6.45, 7) is 0.135. The van der Waals surface area contributed by atoms with Crippen molar-refractivity contribution < 1.29 is 14.7 Å². The SMILES string of the molecule is O=C(O)CCCCCCCNC(=O)Cn1c(=O)[nH]c2ccccc2c1=O. The molecule has 0 aliphatic heterocycles. The van der Waals surface area contributed by atoms with Crippen LogP contribution in [0.2, 0.25) is 0 Å². The van der Waals surface area contributed by atoms with Crippen LogP contribution in [0.25, 0.3) is 10.9 Å². The third-order valence-electron chi connectivity index (χ3n) is 4.08. The van der Waals surface area contributed by atoms with Crippen LogP contribution < -0.4 is 16.6 Å². The van der Waals surface area contributed by atoms with Crippen molar-refractivity contribution in [3.8, 4) is 0 Å². The molecule has 0 spiro atoms. The Morgan fingerprint density at radius 3 is 2.50 bits per heavy atom. The van der Waals surface area contributed by atoms with Crippen molar-refractivity contribution in [1.82, 2.24) is 14.9 Å². The monoisotopic (exact) mass is 361 g/mol. The number of carbonyl (C=O) groups excluding carboxylic acids is 1. The van der Waals surface area contributed by atoms with E-state index >= 15 is 0 Å². The molecule has 26 heavy (non-hydrogen) atoms. The second kappa shape index (κ2) is 9.55. The number of aliphatic carboxylic acids is 1. The second-order valence-electron chi connectivity index (χ2n) is 6.13. The Hall–Kier alpha value is -2.90. The zero-order valence-corrected chi connectivity index (χ0v) is 14.5. The van der Waals surface area contributed by atoms with Crippen LogP contribution in [0, 0.1) is 0 Å². The number of hydrogen-bond donors (Lipinski definition) is 3. The van der Waals surface area contributed by atoms with Gasteiger partial charge in [-0.2, -0.15) is 0 Å². The molecule has 2 rings (SSSR count). The van der Waals surface area contributed by atoms with E-state index in [0.717, 1.165) is 30.3 Å². The molecule has 3 N–H and O–H groups in total. The lowest BCUT2D eigenvalue weighted by Gasteiger charge is -2.08. The van der Waals surface area contributed by atoms with Gasteiger partial charge in [0, 0.05) is 13.0 Å². The molecule has 1 aromatic heterocycles. The number of amides is 1. The van der Waals surface area contributed by atoms with E-state index < -0.39 is 23.1 Å². The Bertz CT molecular complexity index is 884. The molecule has 1 amide bonds. The van der Waals surface area contributed by atoms with Crippen molar-refractivity contribution in [2.75, 3.05) is 6.54 Å². The van der Waals surface area contributed by atoms with Gasteiger partial charge in [-0.1, -0.05) is 31.4 Å². The van der Waals surface area contributed by atoms with Gasteiger partial charge in [0.15, 0.2) is 0 Å². The number of nitrogens with zero attached hydrogens (tertiary/aromatic N) is 1. The van der Waals surface area contributed by atoms with E-state index in [-0.39, 0.29) is 13.0 Å². The Kier molecular flexibility index (Phi) is 7.13. The van der Waals surface area contributed by atoms with Crippen LogP contribution in [-0.4, -0.2) is 33.1 Å². The zero-order chi connectivity index (χ0) is 18.9. The number of benzene rings is 1. The third-order valence-corrected chi connectivity index (χ3v) is 4.08. The van der Waals surface area contributed by atoms with E-state index in [4.69, 9.17) is 5.11 Å². The highest BCUT2D eigenvalue weighted by Crippen LogP contribution is 2.05. The van der Waals surface area contributed by atoms with E-state index in [2.05, 4.69) is 10.3 Å². The highest BCUT2D eigenvalue weighted by molar-refractivity contribution is 5.78. The molecule has 8 nitrogen and oxygen atoms in total. The predicted octanol–water partition coefficient (Wildman–Crippen LogP) is 1.23. The molecule has 8 heteroatoms. The van der Waals surface area contributed by atoms with Crippen molar-refractivity contribution in [3.05, 3.63) is 45.1 Å². The van der Waals surface area contributed by atoms with Gasteiger partial charge < -0.3 is 15.4 Å². The minimum atomic E-state index is -0.781. The van der Waals surface area contributed by atoms with E-state index in [1.807, 2.05) is 0 Å².